The minimum atomic E-state index is -0.916. The van der Waals surface area contributed by atoms with E-state index in [1.807, 2.05) is 0 Å². The second-order valence-electron chi connectivity index (χ2n) is 2.15. The molecule has 0 fully saturated rings. The Kier molecular flexibility index (Phi) is 2.95. The van der Waals surface area contributed by atoms with Gasteiger partial charge in [-0.25, -0.2) is 4.98 Å². The van der Waals surface area contributed by atoms with Crippen LogP contribution in [0.3, 0.4) is 0 Å². The highest BCUT2D eigenvalue weighted by Crippen LogP contribution is 2.15. The summed E-state index contributed by atoms with van der Waals surface area (Å²) in [6.45, 7) is -0.333. The third-order valence-corrected chi connectivity index (χ3v) is 2.22. The second kappa shape index (κ2) is 3.77. The fourth-order valence-electron chi connectivity index (χ4n) is 0.677. The summed E-state index contributed by atoms with van der Waals surface area (Å²) >= 11 is 1.37. The van der Waals surface area contributed by atoms with Crippen LogP contribution in [0.4, 0.5) is 0 Å². The quantitative estimate of drug-likeness (QED) is 0.577. The molecule has 0 aromatic carbocycles. The van der Waals surface area contributed by atoms with Crippen molar-refractivity contribution in [1.82, 2.24) is 4.98 Å². The third kappa shape index (κ3) is 1.97. The van der Waals surface area contributed by atoms with E-state index < -0.39 is 12.1 Å². The summed E-state index contributed by atoms with van der Waals surface area (Å²) in [5.74, 6) is 0. The van der Waals surface area contributed by atoms with Gasteiger partial charge in [0.05, 0.1) is 18.8 Å². The van der Waals surface area contributed by atoms with Gasteiger partial charge < -0.3 is 15.9 Å². The minimum Gasteiger partial charge on any atom is -0.394 e. The van der Waals surface area contributed by atoms with E-state index in [1.165, 1.54) is 11.3 Å². The number of nitrogens with two attached hydrogens (primary N) is 1. The number of rotatable bonds is 3. The van der Waals surface area contributed by atoms with Crippen LogP contribution in [0.1, 0.15) is 11.0 Å². The molecule has 0 radical (unpaired) electrons. The molecule has 0 aliphatic rings. The molecule has 1 rings (SSSR count). The zero-order valence-corrected chi connectivity index (χ0v) is 6.66. The highest BCUT2D eigenvalue weighted by Gasteiger charge is 2.17. The van der Waals surface area contributed by atoms with E-state index in [0.29, 0.717) is 5.01 Å². The summed E-state index contributed by atoms with van der Waals surface area (Å²) in [4.78, 5) is 3.91. The molecule has 0 amide bonds. The number of aliphatic hydroxyl groups excluding tert-OH is 2. The van der Waals surface area contributed by atoms with Crippen molar-refractivity contribution in [3.63, 3.8) is 0 Å². The molecule has 0 aliphatic carbocycles. The molecule has 1 heterocycles. The van der Waals surface area contributed by atoms with Gasteiger partial charge in [-0.1, -0.05) is 0 Å². The van der Waals surface area contributed by atoms with Gasteiger partial charge in [-0.05, 0) is 0 Å². The summed E-state index contributed by atoms with van der Waals surface area (Å²) in [5.41, 5.74) is 5.53. The van der Waals surface area contributed by atoms with Crippen LogP contribution in [-0.4, -0.2) is 27.9 Å². The largest absolute Gasteiger partial charge is 0.394 e. The molecule has 0 saturated carbocycles. The molecule has 2 unspecified atom stereocenters. The van der Waals surface area contributed by atoms with Crippen molar-refractivity contribution < 1.29 is 10.2 Å². The number of thiazole rings is 1. The smallest absolute Gasteiger partial charge is 0.112 e. The van der Waals surface area contributed by atoms with Crippen molar-refractivity contribution >= 4 is 11.3 Å². The number of nitrogens with zero attached hydrogens (tertiary/aromatic N) is 1. The van der Waals surface area contributed by atoms with E-state index in [1.54, 1.807) is 11.6 Å². The molecular weight excluding hydrogens is 164 g/mol. The van der Waals surface area contributed by atoms with Crippen LogP contribution in [0.5, 0.6) is 0 Å². The van der Waals surface area contributed by atoms with Crippen molar-refractivity contribution in [1.29, 1.82) is 0 Å². The highest BCUT2D eigenvalue weighted by atomic mass is 32.1. The van der Waals surface area contributed by atoms with Gasteiger partial charge in [-0.15, -0.1) is 11.3 Å². The first-order valence-corrected chi connectivity index (χ1v) is 4.07. The van der Waals surface area contributed by atoms with Crippen molar-refractivity contribution in [3.8, 4) is 0 Å². The van der Waals surface area contributed by atoms with Crippen LogP contribution in [0, 0.1) is 0 Å². The van der Waals surface area contributed by atoms with Crippen LogP contribution < -0.4 is 5.73 Å². The van der Waals surface area contributed by atoms with Crippen LogP contribution in [0.15, 0.2) is 11.6 Å². The van der Waals surface area contributed by atoms with Crippen molar-refractivity contribution in [2.45, 2.75) is 12.1 Å². The second-order valence-corrected chi connectivity index (χ2v) is 3.07. The first-order valence-electron chi connectivity index (χ1n) is 3.19. The van der Waals surface area contributed by atoms with Crippen LogP contribution in [0.2, 0.25) is 0 Å². The molecule has 2 atom stereocenters. The minimum absolute atomic E-state index is 0.333. The Morgan fingerprint density at radius 2 is 2.45 bits per heavy atom. The van der Waals surface area contributed by atoms with Gasteiger partial charge in [0.1, 0.15) is 5.01 Å². The fourth-order valence-corrected chi connectivity index (χ4v) is 1.37. The van der Waals surface area contributed by atoms with Gasteiger partial charge in [0.25, 0.3) is 0 Å². The Labute approximate surface area is 68.3 Å². The lowest BCUT2D eigenvalue weighted by atomic mass is 10.2. The lowest BCUT2D eigenvalue weighted by molar-refractivity contribution is 0.0740. The summed E-state index contributed by atoms with van der Waals surface area (Å²) < 4.78 is 0. The predicted molar refractivity (Wildman–Crippen MR) is 42.1 cm³/mol. The average molecular weight is 174 g/mol. The zero-order chi connectivity index (χ0) is 8.27. The van der Waals surface area contributed by atoms with Gasteiger partial charge in [0, 0.05) is 11.6 Å². The molecule has 62 valence electrons. The van der Waals surface area contributed by atoms with Gasteiger partial charge >= 0.3 is 0 Å². The van der Waals surface area contributed by atoms with E-state index >= 15 is 0 Å². The standard InChI is InChI=1S/C6H10N2O2S/c7-5(4(10)3-9)6-8-1-2-11-6/h1-2,4-5,9-10H,3,7H2. The number of aromatic nitrogens is 1. The first-order chi connectivity index (χ1) is 5.25. The Morgan fingerprint density at radius 1 is 1.73 bits per heavy atom. The molecule has 1 aromatic rings. The normalized spacial score (nSPS) is 16.3. The predicted octanol–water partition coefficient (Wildman–Crippen LogP) is -0.504. The van der Waals surface area contributed by atoms with E-state index in [0.717, 1.165) is 0 Å². The van der Waals surface area contributed by atoms with Crippen molar-refractivity contribution in [2.75, 3.05) is 6.61 Å². The maximum Gasteiger partial charge on any atom is 0.112 e. The summed E-state index contributed by atoms with van der Waals surface area (Å²) in [7, 11) is 0. The van der Waals surface area contributed by atoms with E-state index in [9.17, 15) is 0 Å². The highest BCUT2D eigenvalue weighted by molar-refractivity contribution is 7.09. The summed E-state index contributed by atoms with van der Waals surface area (Å²) in [6, 6.07) is -0.569. The Balaban J connectivity index is 2.62. The Morgan fingerprint density at radius 3 is 2.91 bits per heavy atom. The van der Waals surface area contributed by atoms with Gasteiger partial charge in [-0.3, -0.25) is 0 Å². The SMILES string of the molecule is NC(c1nccs1)C(O)CO. The Hall–Kier alpha value is -0.490. The topological polar surface area (TPSA) is 79.4 Å². The molecule has 11 heavy (non-hydrogen) atoms. The van der Waals surface area contributed by atoms with Gasteiger partial charge in [-0.2, -0.15) is 0 Å². The lowest BCUT2D eigenvalue weighted by Gasteiger charge is -2.12. The molecule has 0 spiro atoms. The van der Waals surface area contributed by atoms with Crippen molar-refractivity contribution in [3.05, 3.63) is 16.6 Å². The van der Waals surface area contributed by atoms with Crippen LogP contribution in [0.25, 0.3) is 0 Å². The maximum absolute atomic E-state index is 9.09. The third-order valence-electron chi connectivity index (χ3n) is 1.34. The van der Waals surface area contributed by atoms with E-state index in [2.05, 4.69) is 4.98 Å². The Bertz CT molecular complexity index is 202. The molecule has 4 nitrogen and oxygen atoms in total. The average Bonchev–Trinajstić information content (AvgIpc) is 2.53. The first kappa shape index (κ1) is 8.61. The number of aliphatic hydroxyl groups is 2. The summed E-state index contributed by atoms with van der Waals surface area (Å²) in [6.07, 6.45) is 0.699. The van der Waals surface area contributed by atoms with Crippen LogP contribution in [-0.2, 0) is 0 Å². The molecular formula is C6H10N2O2S. The zero-order valence-electron chi connectivity index (χ0n) is 5.84. The number of hydrogen-bond donors (Lipinski definition) is 3. The van der Waals surface area contributed by atoms with Gasteiger partial charge in [0.15, 0.2) is 0 Å². The molecule has 0 saturated heterocycles. The lowest BCUT2D eigenvalue weighted by Crippen LogP contribution is -2.28. The molecule has 0 bridgehead atoms. The van der Waals surface area contributed by atoms with E-state index in [-0.39, 0.29) is 6.61 Å². The fraction of sp³-hybridized carbons (Fsp3) is 0.500. The van der Waals surface area contributed by atoms with Crippen LogP contribution >= 0.6 is 11.3 Å². The molecule has 1 aromatic heterocycles. The van der Waals surface area contributed by atoms with Crippen molar-refractivity contribution in [2.24, 2.45) is 5.73 Å². The molecule has 5 heteroatoms. The maximum atomic E-state index is 9.09. The monoisotopic (exact) mass is 174 g/mol. The number of hydrogen-bond acceptors (Lipinski definition) is 5. The van der Waals surface area contributed by atoms with E-state index in [4.69, 9.17) is 15.9 Å². The molecule has 4 N–H and O–H groups in total. The summed E-state index contributed by atoms with van der Waals surface area (Å²) in [5, 5.41) is 20.1. The van der Waals surface area contributed by atoms with Gasteiger partial charge in [0.2, 0.25) is 0 Å². The molecule has 0 aliphatic heterocycles.